The van der Waals surface area contributed by atoms with Crippen LogP contribution in [0.2, 0.25) is 0 Å². The standard InChI is InChI=1S/C21H26F3N3O4/c1-20(2,3)31-19(30)27-11-7-6-10-14(27)15-12-8-4-5-9-13(12)25-17(28)16(15)26-18(29)21(22,23)24/h4-5,8-9,14-16H,6-7,10-11H2,1-3H3,(H,25,28)(H,26,29). The minimum absolute atomic E-state index is 0.347. The molecule has 3 unspecified atom stereocenters. The van der Waals surface area contributed by atoms with Crippen molar-refractivity contribution < 1.29 is 32.3 Å². The lowest BCUT2D eigenvalue weighted by Crippen LogP contribution is -2.59. The van der Waals surface area contributed by atoms with Gasteiger partial charge in [0.15, 0.2) is 0 Å². The molecule has 3 amide bonds. The number of nitrogens with one attached hydrogen (secondary N) is 2. The molecular weight excluding hydrogens is 415 g/mol. The maximum atomic E-state index is 13.0. The second-order valence-electron chi connectivity index (χ2n) is 8.79. The van der Waals surface area contributed by atoms with Gasteiger partial charge in [-0.05, 0) is 51.7 Å². The van der Waals surface area contributed by atoms with Crippen LogP contribution < -0.4 is 10.6 Å². The molecule has 1 fully saturated rings. The van der Waals surface area contributed by atoms with Crippen molar-refractivity contribution in [3.05, 3.63) is 29.8 Å². The number of alkyl halides is 3. The van der Waals surface area contributed by atoms with E-state index in [0.717, 1.165) is 6.42 Å². The second kappa shape index (κ2) is 8.39. The normalized spacial score (nSPS) is 24.1. The predicted octanol–water partition coefficient (Wildman–Crippen LogP) is 3.56. The largest absolute Gasteiger partial charge is 0.471 e. The summed E-state index contributed by atoms with van der Waals surface area (Å²) in [4.78, 5) is 38.8. The van der Waals surface area contributed by atoms with Gasteiger partial charge in [-0.1, -0.05) is 18.2 Å². The van der Waals surface area contributed by atoms with E-state index < -0.39 is 47.7 Å². The van der Waals surface area contributed by atoms with Gasteiger partial charge in [-0.25, -0.2) is 4.79 Å². The van der Waals surface area contributed by atoms with E-state index in [1.165, 1.54) is 4.90 Å². The first kappa shape index (κ1) is 22.9. The number of hydrogen-bond acceptors (Lipinski definition) is 4. The molecule has 1 aromatic carbocycles. The number of benzene rings is 1. The van der Waals surface area contributed by atoms with Crippen LogP contribution in [0.3, 0.4) is 0 Å². The summed E-state index contributed by atoms with van der Waals surface area (Å²) < 4.78 is 44.4. The topological polar surface area (TPSA) is 87.7 Å². The molecule has 3 rings (SSSR count). The highest BCUT2D eigenvalue weighted by Crippen LogP contribution is 2.40. The Hall–Kier alpha value is -2.78. The fraction of sp³-hybridized carbons (Fsp3) is 0.571. The van der Waals surface area contributed by atoms with Gasteiger partial charge in [0.05, 0.1) is 0 Å². The first-order valence-electron chi connectivity index (χ1n) is 10.2. The van der Waals surface area contributed by atoms with Crippen molar-refractivity contribution in [3.63, 3.8) is 0 Å². The number of anilines is 1. The highest BCUT2D eigenvalue weighted by molar-refractivity contribution is 6.01. The van der Waals surface area contributed by atoms with E-state index in [-0.39, 0.29) is 0 Å². The Labute approximate surface area is 178 Å². The Balaban J connectivity index is 2.02. The maximum Gasteiger partial charge on any atom is 0.471 e. The van der Waals surface area contributed by atoms with Gasteiger partial charge < -0.3 is 20.3 Å². The number of carbonyl (C=O) groups is 3. The third kappa shape index (κ3) is 5.11. The van der Waals surface area contributed by atoms with Crippen LogP contribution in [0.4, 0.5) is 23.7 Å². The molecule has 2 N–H and O–H groups in total. The van der Waals surface area contributed by atoms with E-state index >= 15 is 0 Å². The summed E-state index contributed by atoms with van der Waals surface area (Å²) in [5.74, 6) is -3.81. The van der Waals surface area contributed by atoms with Crippen molar-refractivity contribution in [2.45, 2.75) is 69.8 Å². The van der Waals surface area contributed by atoms with E-state index in [4.69, 9.17) is 4.74 Å². The number of ether oxygens (including phenoxy) is 1. The lowest BCUT2D eigenvalue weighted by molar-refractivity contribution is -0.175. The molecule has 7 nitrogen and oxygen atoms in total. The minimum atomic E-state index is -5.14. The Bertz CT molecular complexity index is 866. The average molecular weight is 441 g/mol. The SMILES string of the molecule is CC(C)(C)OC(=O)N1CCCCC1C1c2ccccc2NC(=O)C1NC(=O)C(F)(F)F. The van der Waals surface area contributed by atoms with Crippen LogP contribution >= 0.6 is 0 Å². The average Bonchev–Trinajstić information content (AvgIpc) is 2.66. The van der Waals surface area contributed by atoms with Crippen molar-refractivity contribution in [1.82, 2.24) is 10.2 Å². The van der Waals surface area contributed by atoms with Crippen LogP contribution in [0, 0.1) is 0 Å². The van der Waals surface area contributed by atoms with Crippen LogP contribution in [-0.4, -0.2) is 53.2 Å². The van der Waals surface area contributed by atoms with Crippen LogP contribution in [0.1, 0.15) is 51.5 Å². The second-order valence-corrected chi connectivity index (χ2v) is 8.79. The molecule has 170 valence electrons. The molecule has 31 heavy (non-hydrogen) atoms. The molecule has 0 saturated carbocycles. The number of amides is 3. The van der Waals surface area contributed by atoms with Crippen LogP contribution in [0.15, 0.2) is 24.3 Å². The molecule has 2 aliphatic heterocycles. The molecule has 2 aliphatic rings. The van der Waals surface area contributed by atoms with Gasteiger partial charge in [-0.2, -0.15) is 13.2 Å². The fourth-order valence-corrected chi connectivity index (χ4v) is 4.14. The highest BCUT2D eigenvalue weighted by Gasteiger charge is 2.49. The lowest BCUT2D eigenvalue weighted by Gasteiger charge is -2.45. The van der Waals surface area contributed by atoms with E-state index in [1.807, 2.05) is 5.32 Å². The molecule has 0 spiro atoms. The Morgan fingerprint density at radius 1 is 1.16 bits per heavy atom. The predicted molar refractivity (Wildman–Crippen MR) is 106 cm³/mol. The van der Waals surface area contributed by atoms with Gasteiger partial charge in [0.1, 0.15) is 11.6 Å². The third-order valence-corrected chi connectivity index (χ3v) is 5.36. The summed E-state index contributed by atoms with van der Waals surface area (Å²) in [5.41, 5.74) is 0.255. The van der Waals surface area contributed by atoms with Crippen molar-refractivity contribution in [3.8, 4) is 0 Å². The summed E-state index contributed by atoms with van der Waals surface area (Å²) >= 11 is 0. The van der Waals surface area contributed by atoms with Gasteiger partial charge in [-0.15, -0.1) is 0 Å². The van der Waals surface area contributed by atoms with Gasteiger partial charge in [0.2, 0.25) is 5.91 Å². The van der Waals surface area contributed by atoms with Crippen LogP contribution in [-0.2, 0) is 14.3 Å². The zero-order valence-electron chi connectivity index (χ0n) is 17.6. The lowest BCUT2D eigenvalue weighted by atomic mass is 9.77. The molecule has 0 aromatic heterocycles. The van der Waals surface area contributed by atoms with Crippen LogP contribution in [0.5, 0.6) is 0 Å². The number of nitrogens with zero attached hydrogens (tertiary/aromatic N) is 1. The molecule has 1 aromatic rings. The van der Waals surface area contributed by atoms with E-state index in [1.54, 1.807) is 45.0 Å². The molecule has 0 radical (unpaired) electrons. The summed E-state index contributed by atoms with van der Waals surface area (Å²) in [6.07, 6.45) is -3.84. The number of hydrogen-bond donors (Lipinski definition) is 2. The number of para-hydroxylation sites is 1. The van der Waals surface area contributed by atoms with E-state index in [9.17, 15) is 27.6 Å². The third-order valence-electron chi connectivity index (χ3n) is 5.36. The quantitative estimate of drug-likeness (QED) is 0.735. The monoisotopic (exact) mass is 441 g/mol. The molecular formula is C21H26F3N3O4. The number of rotatable bonds is 2. The number of piperidine rings is 1. The Kier molecular flexibility index (Phi) is 6.20. The molecule has 10 heteroatoms. The molecule has 0 aliphatic carbocycles. The minimum Gasteiger partial charge on any atom is -0.444 e. The summed E-state index contributed by atoms with van der Waals surface area (Å²) in [6, 6.07) is 4.62. The van der Waals surface area contributed by atoms with E-state index in [0.29, 0.717) is 30.6 Å². The summed E-state index contributed by atoms with van der Waals surface area (Å²) in [5, 5.41) is 4.41. The Morgan fingerprint density at radius 2 is 1.84 bits per heavy atom. The number of halogens is 3. The molecule has 0 bridgehead atoms. The van der Waals surface area contributed by atoms with Crippen molar-refractivity contribution in [2.24, 2.45) is 0 Å². The Morgan fingerprint density at radius 3 is 2.48 bits per heavy atom. The first-order chi connectivity index (χ1) is 14.4. The molecule has 1 saturated heterocycles. The molecule has 3 atom stereocenters. The number of fused-ring (bicyclic) bond motifs is 1. The fourth-order valence-electron chi connectivity index (χ4n) is 4.14. The molecule has 2 heterocycles. The van der Waals surface area contributed by atoms with Crippen LogP contribution in [0.25, 0.3) is 0 Å². The number of carbonyl (C=O) groups excluding carboxylic acids is 3. The van der Waals surface area contributed by atoms with Crippen molar-refractivity contribution in [2.75, 3.05) is 11.9 Å². The van der Waals surface area contributed by atoms with Crippen molar-refractivity contribution >= 4 is 23.6 Å². The van der Waals surface area contributed by atoms with E-state index in [2.05, 4.69) is 5.32 Å². The van der Waals surface area contributed by atoms with Gasteiger partial charge >= 0.3 is 18.2 Å². The van der Waals surface area contributed by atoms with Gasteiger partial charge in [-0.3, -0.25) is 9.59 Å². The zero-order valence-corrected chi connectivity index (χ0v) is 17.6. The van der Waals surface area contributed by atoms with Gasteiger partial charge in [0.25, 0.3) is 0 Å². The smallest absolute Gasteiger partial charge is 0.444 e. The maximum absolute atomic E-state index is 13.0. The van der Waals surface area contributed by atoms with Gasteiger partial charge in [0, 0.05) is 24.2 Å². The van der Waals surface area contributed by atoms with Crippen molar-refractivity contribution in [1.29, 1.82) is 0 Å². The number of likely N-dealkylation sites (tertiary alicyclic amines) is 1. The zero-order chi connectivity index (χ0) is 23.0. The summed E-state index contributed by atoms with van der Waals surface area (Å²) in [7, 11) is 0. The summed E-state index contributed by atoms with van der Waals surface area (Å²) in [6.45, 7) is 5.51. The first-order valence-corrected chi connectivity index (χ1v) is 10.2. The highest BCUT2D eigenvalue weighted by atomic mass is 19.4.